The number of nitrogens with zero attached hydrogens (tertiary/aromatic N) is 4. The van der Waals surface area contributed by atoms with Gasteiger partial charge in [0, 0.05) is 18.6 Å². The molecule has 13 heteroatoms. The molecule has 4 heterocycles. The first kappa shape index (κ1) is 32.0. The second-order valence-corrected chi connectivity index (χ2v) is 9.20. The van der Waals surface area contributed by atoms with Crippen LogP contribution in [0.25, 0.3) is 34.0 Å². The largest absolute Gasteiger partial charge is 0.305 e. The van der Waals surface area contributed by atoms with Crippen molar-refractivity contribution in [2.45, 2.75) is 0 Å². The van der Waals surface area contributed by atoms with Crippen molar-refractivity contribution in [3.8, 4) is 34.0 Å². The summed E-state index contributed by atoms with van der Waals surface area (Å²) in [6.45, 7) is 0. The Labute approximate surface area is 235 Å². The van der Waals surface area contributed by atoms with Gasteiger partial charge < -0.3 is 4.98 Å². The third-order valence-electron chi connectivity index (χ3n) is 4.25. The summed E-state index contributed by atoms with van der Waals surface area (Å²) in [5, 5.41) is 0. The topological polar surface area (TPSA) is 51.6 Å². The summed E-state index contributed by atoms with van der Waals surface area (Å²) in [7, 11) is -6.09. The van der Waals surface area contributed by atoms with E-state index in [0.717, 1.165) is 34.0 Å². The van der Waals surface area contributed by atoms with Crippen LogP contribution < -0.4 is 0 Å². The zero-order chi connectivity index (χ0) is 28.8. The van der Waals surface area contributed by atoms with Crippen molar-refractivity contribution in [2.24, 2.45) is 0 Å². The van der Waals surface area contributed by atoms with E-state index in [1.165, 1.54) is 0 Å². The number of hydrogen-bond donors (Lipinski definition) is 0. The van der Waals surface area contributed by atoms with Crippen LogP contribution in [0.15, 0.2) is 116 Å². The minimum atomic E-state index is -10.7. The van der Waals surface area contributed by atoms with E-state index in [9.17, 15) is 25.2 Å². The Hall–Kier alpha value is -3.26. The predicted octanol–water partition coefficient (Wildman–Crippen LogP) is 9.82. The molecule has 205 valence electrons. The molecular weight excluding hydrogens is 650 g/mol. The van der Waals surface area contributed by atoms with Crippen molar-refractivity contribution in [1.29, 1.82) is 0 Å². The molecule has 5 aromatic rings. The molecule has 0 amide bonds. The van der Waals surface area contributed by atoms with Crippen molar-refractivity contribution in [3.05, 3.63) is 122 Å². The molecule has 39 heavy (non-hydrogen) atoms. The van der Waals surface area contributed by atoms with Gasteiger partial charge in [0.25, 0.3) is 0 Å². The molecule has 1 aromatic carbocycles. The smallest absolute Gasteiger partial charge is 0.0894 e. The van der Waals surface area contributed by atoms with Gasteiger partial charge in [0.2, 0.25) is 0 Å². The van der Waals surface area contributed by atoms with Gasteiger partial charge in [0.05, 0.1) is 22.8 Å². The van der Waals surface area contributed by atoms with Crippen LogP contribution in [0.4, 0.5) is 25.2 Å². The van der Waals surface area contributed by atoms with Crippen LogP contribution in [0.3, 0.4) is 0 Å². The summed E-state index contributed by atoms with van der Waals surface area (Å²) in [6.07, 6.45) is 5.32. The maximum Gasteiger partial charge on any atom is 0.0894 e. The third-order valence-corrected chi connectivity index (χ3v) is 4.25. The van der Waals surface area contributed by atoms with E-state index in [1.807, 2.05) is 114 Å². The molecule has 0 N–H and O–H groups in total. The monoisotopic (exact) mass is 669 g/mol. The standard InChI is InChI=1S/C15H11N3.C11H8N.ClH.F6P.Ru/c1-3-10-16-12(6-1)14-8-5-9-15(18-14)13-7-2-4-11-17-13;1-2-6-10(7-3-1)11-8-4-5-9-12-11;;1-7(2,3,4,5)6;/h1-11H;1-6,8-9H;1H;;/q;-1;;-1;+3/p-1. The van der Waals surface area contributed by atoms with Gasteiger partial charge in [-0.3, -0.25) is 9.97 Å². The zero-order valence-electron chi connectivity index (χ0n) is 19.7. The van der Waals surface area contributed by atoms with E-state index < -0.39 is 7.81 Å². The zero-order valence-corrected chi connectivity index (χ0v) is 23.1. The second-order valence-electron chi connectivity index (χ2n) is 7.29. The Bertz CT molecular complexity index is 1300. The van der Waals surface area contributed by atoms with Gasteiger partial charge in [0.15, 0.2) is 0 Å². The molecule has 0 fully saturated rings. The Morgan fingerprint density at radius 1 is 0.513 bits per heavy atom. The SMILES string of the molecule is F[P-](F)(F)(F)(F)F.[Cl][Ru+2].[c-]1ccccc1-c1ccccn1.c1ccc(-c2cccc(-c3ccccn3)n2)nc1. The van der Waals surface area contributed by atoms with E-state index in [-0.39, 0.29) is 0 Å². The second kappa shape index (κ2) is 13.7. The summed E-state index contributed by atoms with van der Waals surface area (Å²) in [6, 6.07) is 34.3. The van der Waals surface area contributed by atoms with Crippen LogP contribution in [0.1, 0.15) is 0 Å². The molecule has 4 aromatic heterocycles. The van der Waals surface area contributed by atoms with Crippen molar-refractivity contribution < 1.29 is 42.5 Å². The molecule has 0 saturated heterocycles. The third kappa shape index (κ3) is 14.5. The van der Waals surface area contributed by atoms with E-state index in [2.05, 4.69) is 35.7 Å². The summed E-state index contributed by atoms with van der Waals surface area (Å²) < 4.78 is 59.2. The van der Waals surface area contributed by atoms with E-state index in [4.69, 9.17) is 0 Å². The molecule has 0 bridgehead atoms. The number of hydrogen-bond acceptors (Lipinski definition) is 4. The predicted molar refractivity (Wildman–Crippen MR) is 139 cm³/mol. The Kier molecular flexibility index (Phi) is 11.2. The molecular formula is C26H19ClF6N4PRu. The fourth-order valence-corrected chi connectivity index (χ4v) is 2.82. The number of benzene rings is 1. The summed E-state index contributed by atoms with van der Waals surface area (Å²) >= 11 is 1.82. The minimum absolute atomic E-state index is 0.860. The van der Waals surface area contributed by atoms with Crippen molar-refractivity contribution >= 4 is 17.5 Å². The minimum Gasteiger partial charge on any atom is -0.305 e. The van der Waals surface area contributed by atoms with Gasteiger partial charge in [-0.05, 0) is 48.2 Å². The van der Waals surface area contributed by atoms with E-state index in [1.54, 1.807) is 18.6 Å². The number of halogens is 7. The van der Waals surface area contributed by atoms with E-state index >= 15 is 0 Å². The molecule has 0 radical (unpaired) electrons. The van der Waals surface area contributed by atoms with Gasteiger partial charge in [-0.2, -0.15) is 0 Å². The van der Waals surface area contributed by atoms with Crippen LogP contribution in [0.5, 0.6) is 0 Å². The van der Waals surface area contributed by atoms with Crippen LogP contribution in [0.2, 0.25) is 0 Å². The first-order valence-corrected chi connectivity index (χ1v) is 15.0. The van der Waals surface area contributed by atoms with Crippen LogP contribution in [-0.4, -0.2) is 19.9 Å². The first-order chi connectivity index (χ1) is 18.3. The summed E-state index contributed by atoms with van der Waals surface area (Å²) in [5.74, 6) is 0. The Morgan fingerprint density at radius 2 is 0.897 bits per heavy atom. The van der Waals surface area contributed by atoms with Crippen molar-refractivity contribution in [1.82, 2.24) is 19.9 Å². The van der Waals surface area contributed by atoms with Gasteiger partial charge in [-0.25, -0.2) is 4.98 Å². The van der Waals surface area contributed by atoms with Crippen molar-refractivity contribution in [2.75, 3.05) is 0 Å². The first-order valence-electron chi connectivity index (χ1n) is 10.7. The molecule has 5 rings (SSSR count). The fraction of sp³-hybridized carbons (Fsp3) is 0. The van der Waals surface area contributed by atoms with Gasteiger partial charge in [-0.15, -0.1) is 35.9 Å². The Balaban J connectivity index is 0.000000220. The molecule has 0 aliphatic carbocycles. The number of aromatic nitrogens is 4. The molecule has 0 spiro atoms. The average Bonchev–Trinajstić information content (AvgIpc) is 2.95. The Morgan fingerprint density at radius 3 is 1.26 bits per heavy atom. The van der Waals surface area contributed by atoms with Gasteiger partial charge >= 0.3 is 60.0 Å². The number of pyridine rings is 4. The maximum absolute atomic E-state index is 10.7. The molecule has 0 saturated carbocycles. The van der Waals surface area contributed by atoms with Crippen molar-refractivity contribution in [3.63, 3.8) is 0 Å². The van der Waals surface area contributed by atoms with Crippen LogP contribution in [0, 0.1) is 6.07 Å². The molecule has 0 unspecified atom stereocenters. The average molecular weight is 669 g/mol. The number of rotatable bonds is 3. The van der Waals surface area contributed by atoms with E-state index in [0.29, 0.717) is 0 Å². The molecule has 0 atom stereocenters. The summed E-state index contributed by atoms with van der Waals surface area (Å²) in [4.78, 5) is 17.4. The maximum atomic E-state index is 9.87. The summed E-state index contributed by atoms with van der Waals surface area (Å²) in [5.41, 5.74) is 5.47. The van der Waals surface area contributed by atoms with Gasteiger partial charge in [0.1, 0.15) is 0 Å². The van der Waals surface area contributed by atoms with Crippen LogP contribution >= 0.6 is 17.5 Å². The molecule has 4 nitrogen and oxygen atoms in total. The quantitative estimate of drug-likeness (QED) is 0.0831. The molecule has 0 aliphatic rings. The fourth-order valence-electron chi connectivity index (χ4n) is 2.82. The van der Waals surface area contributed by atoms with Gasteiger partial charge in [-0.1, -0.05) is 30.3 Å². The van der Waals surface area contributed by atoms with Crippen LogP contribution in [-0.2, 0) is 17.3 Å². The molecule has 0 aliphatic heterocycles. The normalized spacial score (nSPS) is 12.0.